The van der Waals surface area contributed by atoms with Crippen molar-refractivity contribution in [2.45, 2.75) is 13.8 Å². The summed E-state index contributed by atoms with van der Waals surface area (Å²) in [4.78, 5) is 15.5. The summed E-state index contributed by atoms with van der Waals surface area (Å²) in [5.41, 5.74) is 4.51. The Morgan fingerprint density at radius 1 is 1.33 bits per heavy atom. The first-order valence-corrected chi connectivity index (χ1v) is 4.65. The molecule has 0 saturated carbocycles. The minimum Gasteiger partial charge on any atom is -0.484 e. The van der Waals surface area contributed by atoms with Crippen LogP contribution in [-0.2, 0) is 9.63 Å². The highest BCUT2D eigenvalue weighted by molar-refractivity contribution is 5.76. The van der Waals surface area contributed by atoms with Gasteiger partial charge in [-0.2, -0.15) is 0 Å². The van der Waals surface area contributed by atoms with E-state index in [9.17, 15) is 4.79 Å². The van der Waals surface area contributed by atoms with Crippen LogP contribution in [0.5, 0.6) is 5.75 Å². The topological polar surface area (TPSA) is 47.6 Å². The number of carbonyl (C=O) groups excluding carboxylic acids is 1. The predicted octanol–water partition coefficient (Wildman–Crippen LogP) is 1.36. The molecular formula is C11H15NO3. The Bertz CT molecular complexity index is 350. The molecular weight excluding hydrogens is 194 g/mol. The lowest BCUT2D eigenvalue weighted by Crippen LogP contribution is -2.27. The summed E-state index contributed by atoms with van der Waals surface area (Å²) in [7, 11) is 1.38. The maximum atomic E-state index is 11.0. The zero-order valence-corrected chi connectivity index (χ0v) is 9.16. The van der Waals surface area contributed by atoms with Crippen molar-refractivity contribution in [1.82, 2.24) is 5.48 Å². The third-order valence-electron chi connectivity index (χ3n) is 2.06. The molecule has 0 aliphatic carbocycles. The molecule has 0 unspecified atom stereocenters. The molecule has 1 aromatic carbocycles. The van der Waals surface area contributed by atoms with Crippen LogP contribution in [0.3, 0.4) is 0 Å². The van der Waals surface area contributed by atoms with Crippen LogP contribution >= 0.6 is 0 Å². The van der Waals surface area contributed by atoms with E-state index >= 15 is 0 Å². The van der Waals surface area contributed by atoms with Crippen molar-refractivity contribution in [3.05, 3.63) is 29.3 Å². The van der Waals surface area contributed by atoms with Gasteiger partial charge in [-0.1, -0.05) is 6.07 Å². The molecule has 0 atom stereocenters. The molecule has 82 valence electrons. The molecule has 1 rings (SSSR count). The van der Waals surface area contributed by atoms with E-state index in [4.69, 9.17) is 4.74 Å². The normalized spacial score (nSPS) is 9.80. The molecule has 0 radical (unpaired) electrons. The molecule has 0 heterocycles. The van der Waals surface area contributed by atoms with Crippen molar-refractivity contribution in [2.75, 3.05) is 13.7 Å². The second-order valence-corrected chi connectivity index (χ2v) is 3.26. The maximum absolute atomic E-state index is 11.0. The van der Waals surface area contributed by atoms with E-state index in [-0.39, 0.29) is 12.5 Å². The van der Waals surface area contributed by atoms with Gasteiger partial charge in [0.1, 0.15) is 5.75 Å². The summed E-state index contributed by atoms with van der Waals surface area (Å²) < 4.78 is 5.26. The molecule has 1 amide bonds. The molecule has 4 heteroatoms. The van der Waals surface area contributed by atoms with Crippen LogP contribution in [-0.4, -0.2) is 19.6 Å². The van der Waals surface area contributed by atoms with Gasteiger partial charge < -0.3 is 4.74 Å². The molecule has 0 spiro atoms. The smallest absolute Gasteiger partial charge is 0.281 e. The summed E-state index contributed by atoms with van der Waals surface area (Å²) in [6.07, 6.45) is 0. The van der Waals surface area contributed by atoms with Crippen LogP contribution < -0.4 is 10.2 Å². The standard InChI is InChI=1S/C11H15NO3/c1-8-4-5-10(6-9(8)2)15-7-11(13)12-14-3/h4-6H,7H2,1-3H3,(H,12,13). The molecule has 0 bridgehead atoms. The summed E-state index contributed by atoms with van der Waals surface area (Å²) in [5, 5.41) is 0. The van der Waals surface area contributed by atoms with E-state index in [2.05, 4.69) is 10.3 Å². The summed E-state index contributed by atoms with van der Waals surface area (Å²) >= 11 is 0. The van der Waals surface area contributed by atoms with Crippen LogP contribution in [0.1, 0.15) is 11.1 Å². The fraction of sp³-hybridized carbons (Fsp3) is 0.364. The average molecular weight is 209 g/mol. The number of carbonyl (C=O) groups is 1. The zero-order chi connectivity index (χ0) is 11.3. The first-order valence-electron chi connectivity index (χ1n) is 4.65. The largest absolute Gasteiger partial charge is 0.484 e. The summed E-state index contributed by atoms with van der Waals surface area (Å²) in [5.74, 6) is 0.375. The fourth-order valence-electron chi connectivity index (χ4n) is 1.10. The van der Waals surface area contributed by atoms with E-state index in [0.717, 1.165) is 5.56 Å². The van der Waals surface area contributed by atoms with Gasteiger partial charge in [0, 0.05) is 0 Å². The highest BCUT2D eigenvalue weighted by Crippen LogP contribution is 2.15. The summed E-state index contributed by atoms with van der Waals surface area (Å²) in [6.45, 7) is 3.98. The number of nitrogens with one attached hydrogen (secondary N) is 1. The average Bonchev–Trinajstić information content (AvgIpc) is 2.20. The third kappa shape index (κ3) is 3.59. The monoisotopic (exact) mass is 209 g/mol. The van der Waals surface area contributed by atoms with Crippen LogP contribution in [0, 0.1) is 13.8 Å². The van der Waals surface area contributed by atoms with Gasteiger partial charge in [-0.15, -0.1) is 0 Å². The Morgan fingerprint density at radius 2 is 2.07 bits per heavy atom. The van der Waals surface area contributed by atoms with Gasteiger partial charge in [-0.3, -0.25) is 9.63 Å². The number of hydroxylamine groups is 1. The number of hydrogen-bond acceptors (Lipinski definition) is 3. The van der Waals surface area contributed by atoms with Gasteiger partial charge in [0.15, 0.2) is 6.61 Å². The highest BCUT2D eigenvalue weighted by atomic mass is 16.6. The molecule has 15 heavy (non-hydrogen) atoms. The maximum Gasteiger partial charge on any atom is 0.281 e. The Morgan fingerprint density at radius 3 is 2.67 bits per heavy atom. The molecule has 1 aromatic rings. The molecule has 1 N–H and O–H groups in total. The van der Waals surface area contributed by atoms with E-state index in [1.165, 1.54) is 12.7 Å². The van der Waals surface area contributed by atoms with Crippen LogP contribution in [0.2, 0.25) is 0 Å². The number of rotatable bonds is 4. The van der Waals surface area contributed by atoms with Gasteiger partial charge in [0.25, 0.3) is 5.91 Å². The van der Waals surface area contributed by atoms with E-state index in [1.54, 1.807) is 0 Å². The van der Waals surface area contributed by atoms with Gasteiger partial charge in [-0.05, 0) is 37.1 Å². The molecule has 0 saturated heterocycles. The lowest BCUT2D eigenvalue weighted by Gasteiger charge is -2.07. The van der Waals surface area contributed by atoms with E-state index in [1.807, 2.05) is 32.0 Å². The van der Waals surface area contributed by atoms with Crippen molar-refractivity contribution in [1.29, 1.82) is 0 Å². The van der Waals surface area contributed by atoms with Crippen LogP contribution in [0.15, 0.2) is 18.2 Å². The number of ether oxygens (including phenoxy) is 1. The first kappa shape index (κ1) is 11.5. The number of amides is 1. The first-order chi connectivity index (χ1) is 7.13. The van der Waals surface area contributed by atoms with Gasteiger partial charge >= 0.3 is 0 Å². The van der Waals surface area contributed by atoms with Crippen molar-refractivity contribution in [2.24, 2.45) is 0 Å². The zero-order valence-electron chi connectivity index (χ0n) is 9.16. The minimum absolute atomic E-state index is 0.0453. The van der Waals surface area contributed by atoms with Crippen LogP contribution in [0.4, 0.5) is 0 Å². The van der Waals surface area contributed by atoms with Gasteiger partial charge in [-0.25, -0.2) is 5.48 Å². The summed E-state index contributed by atoms with van der Waals surface area (Å²) in [6, 6.07) is 5.69. The lowest BCUT2D eigenvalue weighted by atomic mass is 10.1. The lowest BCUT2D eigenvalue weighted by molar-refractivity contribution is -0.133. The van der Waals surface area contributed by atoms with Crippen molar-refractivity contribution in [3.8, 4) is 5.75 Å². The number of benzene rings is 1. The fourth-order valence-corrected chi connectivity index (χ4v) is 1.10. The molecule has 0 fully saturated rings. The second-order valence-electron chi connectivity index (χ2n) is 3.26. The predicted molar refractivity (Wildman–Crippen MR) is 56.6 cm³/mol. The van der Waals surface area contributed by atoms with E-state index in [0.29, 0.717) is 5.75 Å². The van der Waals surface area contributed by atoms with Gasteiger partial charge in [0.2, 0.25) is 0 Å². The second kappa shape index (κ2) is 5.36. The molecule has 0 aliphatic heterocycles. The third-order valence-corrected chi connectivity index (χ3v) is 2.06. The number of hydrogen-bond donors (Lipinski definition) is 1. The quantitative estimate of drug-likeness (QED) is 0.762. The van der Waals surface area contributed by atoms with Crippen molar-refractivity contribution >= 4 is 5.91 Å². The SMILES string of the molecule is CONC(=O)COc1ccc(C)c(C)c1. The Hall–Kier alpha value is -1.55. The Balaban J connectivity index is 2.51. The van der Waals surface area contributed by atoms with Crippen molar-refractivity contribution in [3.63, 3.8) is 0 Å². The molecule has 0 aromatic heterocycles. The molecule has 0 aliphatic rings. The number of aryl methyl sites for hydroxylation is 2. The van der Waals surface area contributed by atoms with E-state index < -0.39 is 0 Å². The molecule has 4 nitrogen and oxygen atoms in total. The minimum atomic E-state index is -0.310. The van der Waals surface area contributed by atoms with Crippen molar-refractivity contribution < 1.29 is 14.4 Å². The highest BCUT2D eigenvalue weighted by Gasteiger charge is 2.02. The Labute approximate surface area is 89.1 Å². The Kier molecular flexibility index (Phi) is 4.12. The van der Waals surface area contributed by atoms with Crippen LogP contribution in [0.25, 0.3) is 0 Å². The van der Waals surface area contributed by atoms with Gasteiger partial charge in [0.05, 0.1) is 7.11 Å².